The molecule has 0 bridgehead atoms. The van der Waals surface area contributed by atoms with E-state index < -0.39 is 17.5 Å². The van der Waals surface area contributed by atoms with Gasteiger partial charge in [0.15, 0.2) is 11.6 Å². The Balaban J connectivity index is 1.55. The maximum absolute atomic E-state index is 13.9. The second-order valence-electron chi connectivity index (χ2n) is 6.51. The van der Waals surface area contributed by atoms with Crippen LogP contribution in [0.5, 0.6) is 5.75 Å². The van der Waals surface area contributed by atoms with Gasteiger partial charge in [-0.2, -0.15) is 0 Å². The topological polar surface area (TPSA) is 56.7 Å². The minimum absolute atomic E-state index is 0.0175. The van der Waals surface area contributed by atoms with Gasteiger partial charge in [0.2, 0.25) is 5.91 Å². The quantitative estimate of drug-likeness (QED) is 0.830. The van der Waals surface area contributed by atoms with Crippen molar-refractivity contribution in [3.05, 3.63) is 53.0 Å². The molecule has 0 unspecified atom stereocenters. The second-order valence-corrected chi connectivity index (χ2v) is 6.51. The lowest BCUT2D eigenvalue weighted by molar-refractivity contribution is -0.131. The molecule has 0 spiro atoms. The van der Waals surface area contributed by atoms with E-state index in [0.717, 1.165) is 6.07 Å². The van der Waals surface area contributed by atoms with Crippen molar-refractivity contribution in [2.75, 3.05) is 31.1 Å². The van der Waals surface area contributed by atoms with Gasteiger partial charge in [0.05, 0.1) is 6.20 Å². The summed E-state index contributed by atoms with van der Waals surface area (Å²) in [5, 5.41) is 9.28. The lowest BCUT2D eigenvalue weighted by atomic mass is 10.0. The smallest absolute Gasteiger partial charge is 0.223 e. The highest BCUT2D eigenvalue weighted by Crippen LogP contribution is 2.21. The molecule has 0 aliphatic carbocycles. The van der Waals surface area contributed by atoms with E-state index in [4.69, 9.17) is 0 Å². The van der Waals surface area contributed by atoms with E-state index in [1.165, 1.54) is 13.1 Å². The van der Waals surface area contributed by atoms with Crippen LogP contribution in [-0.4, -0.2) is 47.1 Å². The van der Waals surface area contributed by atoms with Crippen molar-refractivity contribution in [2.45, 2.75) is 19.8 Å². The lowest BCUT2D eigenvalue weighted by Gasteiger charge is -2.35. The van der Waals surface area contributed by atoms with Crippen molar-refractivity contribution >= 4 is 11.7 Å². The minimum Gasteiger partial charge on any atom is -0.506 e. The van der Waals surface area contributed by atoms with Gasteiger partial charge in [-0.05, 0) is 37.1 Å². The van der Waals surface area contributed by atoms with Crippen LogP contribution in [0.4, 0.5) is 19.0 Å². The van der Waals surface area contributed by atoms with Crippen molar-refractivity contribution in [2.24, 2.45) is 0 Å². The van der Waals surface area contributed by atoms with E-state index in [9.17, 15) is 23.1 Å². The summed E-state index contributed by atoms with van der Waals surface area (Å²) in [5.41, 5.74) is -0.489. The highest BCUT2D eigenvalue weighted by Gasteiger charge is 2.23. The van der Waals surface area contributed by atoms with E-state index in [-0.39, 0.29) is 35.6 Å². The Morgan fingerprint density at radius 3 is 2.48 bits per heavy atom. The van der Waals surface area contributed by atoms with Gasteiger partial charge in [0.1, 0.15) is 17.4 Å². The number of pyridine rings is 1. The summed E-state index contributed by atoms with van der Waals surface area (Å²) in [7, 11) is 0. The Kier molecular flexibility index (Phi) is 5.53. The predicted octanol–water partition coefficient (Wildman–Crippen LogP) is 2.79. The average molecular weight is 379 g/mol. The number of aromatic hydroxyl groups is 1. The molecule has 1 aromatic heterocycles. The first-order valence-corrected chi connectivity index (χ1v) is 8.67. The van der Waals surface area contributed by atoms with Gasteiger partial charge >= 0.3 is 0 Å². The minimum atomic E-state index is -1.20. The molecule has 0 atom stereocenters. The maximum atomic E-state index is 13.9. The summed E-state index contributed by atoms with van der Waals surface area (Å²) in [6.07, 6.45) is 1.29. The van der Waals surface area contributed by atoms with E-state index in [1.807, 2.05) is 4.90 Å². The summed E-state index contributed by atoms with van der Waals surface area (Å²) in [6.45, 7) is 3.27. The molecule has 3 rings (SSSR count). The Morgan fingerprint density at radius 2 is 1.85 bits per heavy atom. The molecule has 5 nitrogen and oxygen atoms in total. The van der Waals surface area contributed by atoms with Crippen molar-refractivity contribution in [3.63, 3.8) is 0 Å². The number of hydrogen-bond donors (Lipinski definition) is 1. The Bertz CT molecular complexity index is 835. The second kappa shape index (κ2) is 7.85. The fraction of sp³-hybridized carbons (Fsp3) is 0.368. The van der Waals surface area contributed by atoms with Crippen molar-refractivity contribution < 1.29 is 23.1 Å². The zero-order chi connectivity index (χ0) is 19.6. The van der Waals surface area contributed by atoms with Crippen molar-refractivity contribution in [3.8, 4) is 5.75 Å². The average Bonchev–Trinajstić information content (AvgIpc) is 2.68. The highest BCUT2D eigenvalue weighted by atomic mass is 19.2. The molecule has 144 valence electrons. The SMILES string of the molecule is Cc1c(F)cc(CCC(=O)N2CCN(c3ccc(O)cn3)CC2)c(F)c1F. The molecule has 1 fully saturated rings. The molecule has 1 N–H and O–H groups in total. The van der Waals surface area contributed by atoms with Gasteiger partial charge in [-0.15, -0.1) is 0 Å². The predicted molar refractivity (Wildman–Crippen MR) is 94.1 cm³/mol. The summed E-state index contributed by atoms with van der Waals surface area (Å²) in [5.74, 6) is -2.49. The van der Waals surface area contributed by atoms with Gasteiger partial charge < -0.3 is 14.9 Å². The zero-order valence-corrected chi connectivity index (χ0v) is 14.9. The Morgan fingerprint density at radius 1 is 1.15 bits per heavy atom. The van der Waals surface area contributed by atoms with Crippen LogP contribution in [-0.2, 0) is 11.2 Å². The molecule has 2 heterocycles. The molecular weight excluding hydrogens is 359 g/mol. The van der Waals surface area contributed by atoms with Crippen molar-refractivity contribution in [1.82, 2.24) is 9.88 Å². The normalized spacial score (nSPS) is 14.5. The fourth-order valence-electron chi connectivity index (χ4n) is 3.07. The van der Waals surface area contributed by atoms with Crippen LogP contribution in [0.2, 0.25) is 0 Å². The molecule has 1 aromatic carbocycles. The van der Waals surface area contributed by atoms with Crippen LogP contribution >= 0.6 is 0 Å². The third-order valence-electron chi connectivity index (χ3n) is 4.76. The highest BCUT2D eigenvalue weighted by molar-refractivity contribution is 5.76. The first-order chi connectivity index (χ1) is 12.9. The van der Waals surface area contributed by atoms with Crippen LogP contribution in [0.1, 0.15) is 17.5 Å². The fourth-order valence-corrected chi connectivity index (χ4v) is 3.07. The summed E-state index contributed by atoms with van der Waals surface area (Å²) < 4.78 is 41.1. The monoisotopic (exact) mass is 379 g/mol. The van der Waals surface area contributed by atoms with E-state index in [0.29, 0.717) is 32.0 Å². The number of halogens is 3. The first kappa shape index (κ1) is 19.0. The number of nitrogens with zero attached hydrogens (tertiary/aromatic N) is 3. The number of rotatable bonds is 4. The number of carbonyl (C=O) groups is 1. The van der Waals surface area contributed by atoms with E-state index >= 15 is 0 Å². The Hall–Kier alpha value is -2.77. The van der Waals surface area contributed by atoms with Gasteiger partial charge in [-0.1, -0.05) is 0 Å². The number of hydrogen-bond acceptors (Lipinski definition) is 4. The van der Waals surface area contributed by atoms with Gasteiger partial charge in [0.25, 0.3) is 0 Å². The number of piperazine rings is 1. The van der Waals surface area contributed by atoms with E-state index in [2.05, 4.69) is 4.98 Å². The van der Waals surface area contributed by atoms with Gasteiger partial charge in [-0.25, -0.2) is 18.2 Å². The molecule has 27 heavy (non-hydrogen) atoms. The largest absolute Gasteiger partial charge is 0.506 e. The molecule has 2 aromatic rings. The Labute approximate surface area is 155 Å². The molecule has 1 amide bonds. The first-order valence-electron chi connectivity index (χ1n) is 8.67. The van der Waals surface area contributed by atoms with Crippen LogP contribution in [0, 0.1) is 24.4 Å². The van der Waals surface area contributed by atoms with E-state index in [1.54, 1.807) is 17.0 Å². The lowest BCUT2D eigenvalue weighted by Crippen LogP contribution is -2.49. The number of benzene rings is 1. The standard InChI is InChI=1S/C19H20F3N3O2/c1-12-15(20)10-13(19(22)18(12)21)2-5-17(27)25-8-6-24(7-9-25)16-4-3-14(26)11-23-16/h3-4,10-11,26H,2,5-9H2,1H3. The molecule has 8 heteroatoms. The maximum Gasteiger partial charge on any atom is 0.223 e. The van der Waals surface area contributed by atoms with Crippen LogP contribution in [0.25, 0.3) is 0 Å². The third-order valence-corrected chi connectivity index (χ3v) is 4.76. The van der Waals surface area contributed by atoms with Crippen LogP contribution in [0.3, 0.4) is 0 Å². The number of carbonyl (C=O) groups excluding carboxylic acids is 1. The van der Waals surface area contributed by atoms with Crippen LogP contribution in [0.15, 0.2) is 24.4 Å². The number of amides is 1. The molecule has 0 saturated carbocycles. The van der Waals surface area contributed by atoms with Gasteiger partial charge in [0, 0.05) is 38.2 Å². The molecule has 1 aliphatic heterocycles. The third kappa shape index (κ3) is 4.15. The number of aromatic nitrogens is 1. The van der Waals surface area contributed by atoms with Crippen LogP contribution < -0.4 is 4.90 Å². The molecular formula is C19H20F3N3O2. The molecule has 1 saturated heterocycles. The molecule has 1 aliphatic rings. The summed E-state index contributed by atoms with van der Waals surface area (Å²) >= 11 is 0. The van der Waals surface area contributed by atoms with Crippen molar-refractivity contribution in [1.29, 1.82) is 0 Å². The zero-order valence-electron chi connectivity index (χ0n) is 14.9. The molecule has 0 radical (unpaired) electrons. The summed E-state index contributed by atoms with van der Waals surface area (Å²) in [4.78, 5) is 20.1. The number of aryl methyl sites for hydroxylation is 1. The number of anilines is 1. The summed E-state index contributed by atoms with van der Waals surface area (Å²) in [6, 6.07) is 4.21. The van der Waals surface area contributed by atoms with Gasteiger partial charge in [-0.3, -0.25) is 4.79 Å².